The fourth-order valence-electron chi connectivity index (χ4n) is 2.70. The lowest BCUT2D eigenvalue weighted by Crippen LogP contribution is -2.50. The Balaban J connectivity index is 2.13. The van der Waals surface area contributed by atoms with Crippen LogP contribution in [0.3, 0.4) is 0 Å². The normalized spacial score (nSPS) is 11.8. The van der Waals surface area contributed by atoms with Crippen LogP contribution in [-0.2, 0) is 16.1 Å². The summed E-state index contributed by atoms with van der Waals surface area (Å²) in [5.41, 5.74) is 1.98. The Hall–Kier alpha value is -2.34. The summed E-state index contributed by atoms with van der Waals surface area (Å²) in [4.78, 5) is 27.0. The molecule has 0 aromatic heterocycles. The molecule has 0 aliphatic carbocycles. The maximum atomic E-state index is 12.9. The average Bonchev–Trinajstić information content (AvgIpc) is 2.66. The Bertz CT molecular complexity index is 809. The highest BCUT2D eigenvalue weighted by Crippen LogP contribution is 2.21. The Morgan fingerprint density at radius 1 is 1.11 bits per heavy atom. The lowest BCUT2D eigenvalue weighted by atomic mass is 10.1. The van der Waals surface area contributed by atoms with Crippen LogP contribution in [0, 0.1) is 6.92 Å². The van der Waals surface area contributed by atoms with Crippen molar-refractivity contribution in [2.75, 3.05) is 6.61 Å². The summed E-state index contributed by atoms with van der Waals surface area (Å²) in [6.07, 6.45) is 0. The minimum absolute atomic E-state index is 0.00520. The molecule has 2 amide bonds. The highest BCUT2D eigenvalue weighted by atomic mass is 79.9. The van der Waals surface area contributed by atoms with Crippen molar-refractivity contribution in [3.05, 3.63) is 64.1 Å². The van der Waals surface area contributed by atoms with Crippen LogP contribution in [-0.4, -0.2) is 35.4 Å². The molecule has 0 bridgehead atoms. The fourth-order valence-corrected chi connectivity index (χ4v) is 2.95. The number of aryl methyl sites for hydroxylation is 1. The molecule has 6 heteroatoms. The van der Waals surface area contributed by atoms with Crippen LogP contribution in [0.2, 0.25) is 0 Å². The summed E-state index contributed by atoms with van der Waals surface area (Å²) in [5, 5.41) is 2.87. The Morgan fingerprint density at radius 3 is 2.39 bits per heavy atom. The second-order valence-corrected chi connectivity index (χ2v) is 7.90. The van der Waals surface area contributed by atoms with Gasteiger partial charge in [0.25, 0.3) is 5.91 Å². The molecule has 150 valence electrons. The average molecular weight is 447 g/mol. The van der Waals surface area contributed by atoms with Crippen molar-refractivity contribution in [2.24, 2.45) is 0 Å². The van der Waals surface area contributed by atoms with Gasteiger partial charge in [0.2, 0.25) is 5.91 Å². The zero-order valence-electron chi connectivity index (χ0n) is 16.7. The molecule has 0 aliphatic rings. The van der Waals surface area contributed by atoms with Gasteiger partial charge in [-0.15, -0.1) is 0 Å². The van der Waals surface area contributed by atoms with Gasteiger partial charge in [-0.1, -0.05) is 46.3 Å². The number of carbonyl (C=O) groups is 2. The smallest absolute Gasteiger partial charge is 0.261 e. The molecule has 0 saturated heterocycles. The molecule has 0 aliphatic heterocycles. The molecule has 2 rings (SSSR count). The maximum absolute atomic E-state index is 12.9. The first-order valence-electron chi connectivity index (χ1n) is 9.30. The van der Waals surface area contributed by atoms with Gasteiger partial charge in [0.15, 0.2) is 6.61 Å². The second kappa shape index (κ2) is 10.3. The standard InChI is InChI=1S/C22H27BrN2O3/c1-15(2)24-22(27)17(4)25(13-18-8-6-5-7-9-18)21(26)14-28-19-10-11-20(23)16(3)12-19/h5-12,15,17H,13-14H2,1-4H3,(H,24,27)/t17-/m1/s1. The van der Waals surface area contributed by atoms with Gasteiger partial charge in [-0.05, 0) is 57.0 Å². The molecule has 0 spiro atoms. The monoisotopic (exact) mass is 446 g/mol. The molecule has 0 saturated carbocycles. The molecule has 5 nitrogen and oxygen atoms in total. The molecule has 0 radical (unpaired) electrons. The third kappa shape index (κ3) is 6.37. The van der Waals surface area contributed by atoms with E-state index >= 15 is 0 Å². The van der Waals surface area contributed by atoms with Gasteiger partial charge in [-0.25, -0.2) is 0 Å². The second-order valence-electron chi connectivity index (χ2n) is 7.05. The van der Waals surface area contributed by atoms with Crippen LogP contribution in [0.1, 0.15) is 31.9 Å². The number of amides is 2. The van der Waals surface area contributed by atoms with Gasteiger partial charge in [0, 0.05) is 17.1 Å². The summed E-state index contributed by atoms with van der Waals surface area (Å²) >= 11 is 3.45. The number of carbonyl (C=O) groups excluding carboxylic acids is 2. The number of halogens is 1. The van der Waals surface area contributed by atoms with Crippen molar-refractivity contribution in [2.45, 2.75) is 46.3 Å². The summed E-state index contributed by atoms with van der Waals surface area (Å²) in [6, 6.07) is 14.6. The van der Waals surface area contributed by atoms with E-state index in [-0.39, 0.29) is 24.5 Å². The highest BCUT2D eigenvalue weighted by Gasteiger charge is 2.26. The number of rotatable bonds is 8. The van der Waals surface area contributed by atoms with Crippen molar-refractivity contribution >= 4 is 27.7 Å². The van der Waals surface area contributed by atoms with Gasteiger partial charge in [0.1, 0.15) is 11.8 Å². The number of hydrogen-bond acceptors (Lipinski definition) is 3. The van der Waals surface area contributed by atoms with Crippen LogP contribution in [0.15, 0.2) is 53.0 Å². The maximum Gasteiger partial charge on any atom is 0.261 e. The summed E-state index contributed by atoms with van der Waals surface area (Å²) in [5.74, 6) is 0.197. The molecular weight excluding hydrogens is 420 g/mol. The number of nitrogens with zero attached hydrogens (tertiary/aromatic N) is 1. The number of hydrogen-bond donors (Lipinski definition) is 1. The fraction of sp³-hybridized carbons (Fsp3) is 0.364. The molecule has 0 fully saturated rings. The lowest BCUT2D eigenvalue weighted by molar-refractivity contribution is -0.142. The van der Waals surface area contributed by atoms with Crippen molar-refractivity contribution < 1.29 is 14.3 Å². The van der Waals surface area contributed by atoms with Crippen molar-refractivity contribution in [3.8, 4) is 5.75 Å². The summed E-state index contributed by atoms with van der Waals surface area (Å²) < 4.78 is 6.67. The Labute approximate surface area is 175 Å². The third-order valence-electron chi connectivity index (χ3n) is 4.29. The van der Waals surface area contributed by atoms with Gasteiger partial charge in [-0.2, -0.15) is 0 Å². The highest BCUT2D eigenvalue weighted by molar-refractivity contribution is 9.10. The van der Waals surface area contributed by atoms with Gasteiger partial charge < -0.3 is 15.0 Å². The van der Waals surface area contributed by atoms with Crippen LogP contribution < -0.4 is 10.1 Å². The van der Waals surface area contributed by atoms with Crippen LogP contribution in [0.5, 0.6) is 5.75 Å². The molecular formula is C22H27BrN2O3. The summed E-state index contributed by atoms with van der Waals surface area (Å²) in [7, 11) is 0. The molecule has 0 heterocycles. The first-order valence-corrected chi connectivity index (χ1v) is 10.1. The van der Waals surface area contributed by atoms with E-state index < -0.39 is 6.04 Å². The van der Waals surface area contributed by atoms with E-state index in [9.17, 15) is 9.59 Å². The molecule has 28 heavy (non-hydrogen) atoms. The molecule has 1 N–H and O–H groups in total. The van der Waals surface area contributed by atoms with Crippen LogP contribution in [0.4, 0.5) is 0 Å². The predicted octanol–water partition coefficient (Wildman–Crippen LogP) is 4.08. The number of nitrogens with one attached hydrogen (secondary N) is 1. The molecule has 1 atom stereocenters. The van der Waals surface area contributed by atoms with E-state index in [1.54, 1.807) is 17.9 Å². The first kappa shape index (κ1) is 22.0. The summed E-state index contributed by atoms with van der Waals surface area (Å²) in [6.45, 7) is 7.70. The van der Waals surface area contributed by atoms with E-state index in [0.29, 0.717) is 12.3 Å². The quantitative estimate of drug-likeness (QED) is 0.664. The van der Waals surface area contributed by atoms with Crippen LogP contribution >= 0.6 is 15.9 Å². The van der Waals surface area contributed by atoms with Crippen molar-refractivity contribution in [1.82, 2.24) is 10.2 Å². The van der Waals surface area contributed by atoms with Gasteiger partial charge in [-0.3, -0.25) is 9.59 Å². The molecule has 2 aromatic rings. The minimum Gasteiger partial charge on any atom is -0.484 e. The largest absolute Gasteiger partial charge is 0.484 e. The zero-order chi connectivity index (χ0) is 20.7. The SMILES string of the molecule is Cc1cc(OCC(=O)N(Cc2ccccc2)[C@H](C)C(=O)NC(C)C)ccc1Br. The predicted molar refractivity (Wildman–Crippen MR) is 114 cm³/mol. The van der Waals surface area contributed by atoms with Crippen molar-refractivity contribution in [1.29, 1.82) is 0 Å². The van der Waals surface area contributed by atoms with E-state index in [1.807, 2.05) is 63.2 Å². The number of benzene rings is 2. The van der Waals surface area contributed by atoms with E-state index in [1.165, 1.54) is 0 Å². The topological polar surface area (TPSA) is 58.6 Å². The van der Waals surface area contributed by atoms with E-state index in [0.717, 1.165) is 15.6 Å². The lowest BCUT2D eigenvalue weighted by Gasteiger charge is -2.29. The third-order valence-corrected chi connectivity index (χ3v) is 5.18. The van der Waals surface area contributed by atoms with Gasteiger partial charge >= 0.3 is 0 Å². The Kier molecular flexibility index (Phi) is 8.05. The van der Waals surface area contributed by atoms with Crippen molar-refractivity contribution in [3.63, 3.8) is 0 Å². The van der Waals surface area contributed by atoms with E-state index in [4.69, 9.17) is 4.74 Å². The first-order chi connectivity index (χ1) is 13.3. The van der Waals surface area contributed by atoms with E-state index in [2.05, 4.69) is 21.2 Å². The Morgan fingerprint density at radius 2 is 1.79 bits per heavy atom. The minimum atomic E-state index is -0.606. The van der Waals surface area contributed by atoms with Crippen LogP contribution in [0.25, 0.3) is 0 Å². The molecule has 0 unspecified atom stereocenters. The van der Waals surface area contributed by atoms with Gasteiger partial charge in [0.05, 0.1) is 0 Å². The molecule has 2 aromatic carbocycles. The zero-order valence-corrected chi connectivity index (χ0v) is 18.3. The number of ether oxygens (including phenoxy) is 1.